The van der Waals surface area contributed by atoms with E-state index in [2.05, 4.69) is 30.6 Å². The van der Waals surface area contributed by atoms with Crippen molar-refractivity contribution in [1.29, 1.82) is 0 Å². The van der Waals surface area contributed by atoms with Crippen LogP contribution in [0, 0.1) is 6.92 Å². The van der Waals surface area contributed by atoms with Gasteiger partial charge in [0.2, 0.25) is 5.95 Å². The molecule has 3 N–H and O–H groups in total. The molecule has 37 heavy (non-hydrogen) atoms. The summed E-state index contributed by atoms with van der Waals surface area (Å²) in [5.41, 5.74) is 4.75. The first-order valence-corrected chi connectivity index (χ1v) is 12.0. The van der Waals surface area contributed by atoms with Crippen molar-refractivity contribution in [1.82, 2.24) is 23.9 Å². The highest BCUT2D eigenvalue weighted by Gasteiger charge is 2.10. The Morgan fingerprint density at radius 2 is 1.89 bits per heavy atom. The summed E-state index contributed by atoms with van der Waals surface area (Å²) >= 11 is 0.820. The summed E-state index contributed by atoms with van der Waals surface area (Å²) in [5, 5.41) is 6.13. The van der Waals surface area contributed by atoms with Crippen LogP contribution in [0.15, 0.2) is 88.8 Å². The second kappa shape index (κ2) is 10.4. The van der Waals surface area contributed by atoms with E-state index in [1.807, 2.05) is 43.3 Å². The number of H-pyrrole nitrogens is 1. The normalized spacial score (nSPS) is 10.7. The quantitative estimate of drug-likeness (QED) is 0.302. The zero-order valence-corrected chi connectivity index (χ0v) is 20.5. The Labute approximate surface area is 214 Å². The number of benzene rings is 2. The summed E-state index contributed by atoms with van der Waals surface area (Å²) in [6.07, 6.45) is 5.12. The van der Waals surface area contributed by atoms with Crippen LogP contribution in [0.3, 0.4) is 0 Å². The molecule has 0 fully saturated rings. The van der Waals surface area contributed by atoms with Crippen LogP contribution in [0.5, 0.6) is 0 Å². The third-order valence-corrected chi connectivity index (χ3v) is 6.31. The van der Waals surface area contributed by atoms with Crippen LogP contribution in [-0.4, -0.2) is 29.8 Å². The van der Waals surface area contributed by atoms with Crippen LogP contribution >= 0.6 is 11.5 Å². The van der Waals surface area contributed by atoms with Gasteiger partial charge in [-0.3, -0.25) is 19.6 Å². The number of hydrogen-bond donors (Lipinski definition) is 3. The van der Waals surface area contributed by atoms with E-state index in [0.29, 0.717) is 17.2 Å². The van der Waals surface area contributed by atoms with Crippen molar-refractivity contribution in [3.63, 3.8) is 0 Å². The predicted octanol–water partition coefficient (Wildman–Crippen LogP) is 3.80. The van der Waals surface area contributed by atoms with Crippen molar-refractivity contribution >= 4 is 34.8 Å². The molecule has 0 radical (unpaired) electrons. The standard InChI is InChI=1S/C26H21N7O3S/c1-16-4-9-20(13-22(16)31-24-28-12-10-21(30-24)19-3-2-11-27-14-19)29-23(34)18-7-5-17(6-8-18)15-33-25(35)32-26(36)37-33/h2-14H,15H2,1H3,(H,29,34)(H,28,30,31)(H,32,35,36). The molecular weight excluding hydrogens is 490 g/mol. The van der Waals surface area contributed by atoms with Gasteiger partial charge in [-0.15, -0.1) is 0 Å². The van der Waals surface area contributed by atoms with Crippen molar-refractivity contribution in [3.05, 3.63) is 116 Å². The second-order valence-corrected chi connectivity index (χ2v) is 9.15. The van der Waals surface area contributed by atoms with Crippen molar-refractivity contribution in [2.24, 2.45) is 0 Å². The smallest absolute Gasteiger partial charge is 0.324 e. The molecule has 1 amide bonds. The number of hydrogen-bond acceptors (Lipinski definition) is 8. The van der Waals surface area contributed by atoms with Gasteiger partial charge >= 0.3 is 10.6 Å². The number of amides is 1. The molecule has 0 atom stereocenters. The topological polar surface area (TPSA) is 135 Å². The number of nitrogens with zero attached hydrogens (tertiary/aromatic N) is 4. The van der Waals surface area contributed by atoms with Crippen molar-refractivity contribution in [2.75, 3.05) is 10.6 Å². The molecule has 0 aliphatic carbocycles. The van der Waals surface area contributed by atoms with Gasteiger partial charge in [-0.2, -0.15) is 0 Å². The van der Waals surface area contributed by atoms with Crippen LogP contribution < -0.4 is 21.2 Å². The maximum Gasteiger partial charge on any atom is 0.338 e. The van der Waals surface area contributed by atoms with Crippen LogP contribution in [0.25, 0.3) is 11.3 Å². The van der Waals surface area contributed by atoms with Gasteiger partial charge in [0.15, 0.2) is 0 Å². The number of aromatic amines is 1. The number of nitrogens with one attached hydrogen (secondary N) is 3. The number of pyridine rings is 1. The lowest BCUT2D eigenvalue weighted by molar-refractivity contribution is 0.102. The van der Waals surface area contributed by atoms with Gasteiger partial charge in [0.05, 0.1) is 12.2 Å². The van der Waals surface area contributed by atoms with E-state index in [4.69, 9.17) is 0 Å². The Balaban J connectivity index is 1.28. The first-order chi connectivity index (χ1) is 17.9. The fraction of sp³-hybridized carbons (Fsp3) is 0.0769. The number of carbonyl (C=O) groups excluding carboxylic acids is 1. The molecule has 184 valence electrons. The molecule has 2 aromatic carbocycles. The SMILES string of the molecule is Cc1ccc(NC(=O)c2ccc(Cn3sc(=O)[nH]c3=O)cc2)cc1Nc1nccc(-c2cccnc2)n1. The summed E-state index contributed by atoms with van der Waals surface area (Å²) in [4.78, 5) is 50.7. The predicted molar refractivity (Wildman–Crippen MR) is 142 cm³/mol. The Bertz CT molecular complexity index is 1680. The molecule has 3 heterocycles. The minimum Gasteiger partial charge on any atom is -0.324 e. The molecule has 3 aromatic heterocycles. The molecule has 10 nitrogen and oxygen atoms in total. The molecule has 0 aliphatic rings. The average Bonchev–Trinajstić information content (AvgIpc) is 3.23. The number of carbonyl (C=O) groups is 1. The molecular formula is C26H21N7O3S. The van der Waals surface area contributed by atoms with Gasteiger partial charge in [0.1, 0.15) is 0 Å². The van der Waals surface area contributed by atoms with Gasteiger partial charge in [0, 0.05) is 52.6 Å². The molecule has 0 unspecified atom stereocenters. The molecule has 0 spiro atoms. The van der Waals surface area contributed by atoms with E-state index >= 15 is 0 Å². The number of aromatic nitrogens is 5. The molecule has 11 heteroatoms. The molecule has 5 rings (SSSR count). The third-order valence-electron chi connectivity index (χ3n) is 5.53. The zero-order valence-electron chi connectivity index (χ0n) is 19.6. The Kier molecular flexibility index (Phi) is 6.68. The minimum atomic E-state index is -0.449. The lowest BCUT2D eigenvalue weighted by Crippen LogP contribution is -2.17. The largest absolute Gasteiger partial charge is 0.338 e. The zero-order chi connectivity index (χ0) is 25.8. The minimum absolute atomic E-state index is 0.251. The van der Waals surface area contributed by atoms with E-state index in [0.717, 1.165) is 39.6 Å². The average molecular weight is 512 g/mol. The Morgan fingerprint density at radius 1 is 1.05 bits per heavy atom. The van der Waals surface area contributed by atoms with Gasteiger partial charge in [-0.05, 0) is 60.5 Å². The highest BCUT2D eigenvalue weighted by molar-refractivity contribution is 7.03. The van der Waals surface area contributed by atoms with E-state index in [-0.39, 0.29) is 12.5 Å². The lowest BCUT2D eigenvalue weighted by Gasteiger charge is -2.12. The van der Waals surface area contributed by atoms with Crippen LogP contribution in [-0.2, 0) is 6.54 Å². The van der Waals surface area contributed by atoms with E-state index in [1.165, 1.54) is 3.96 Å². The summed E-state index contributed by atoms with van der Waals surface area (Å²) < 4.78 is 1.33. The van der Waals surface area contributed by atoms with Crippen LogP contribution in [0.4, 0.5) is 17.3 Å². The van der Waals surface area contributed by atoms with E-state index in [1.54, 1.807) is 42.9 Å². The van der Waals surface area contributed by atoms with Gasteiger partial charge in [0.25, 0.3) is 5.91 Å². The van der Waals surface area contributed by atoms with E-state index in [9.17, 15) is 14.4 Å². The summed E-state index contributed by atoms with van der Waals surface area (Å²) in [7, 11) is 0. The maximum absolute atomic E-state index is 12.8. The monoisotopic (exact) mass is 511 g/mol. The third kappa shape index (κ3) is 5.68. The molecule has 0 bridgehead atoms. The summed E-state index contributed by atoms with van der Waals surface area (Å²) in [5.74, 6) is 0.148. The van der Waals surface area contributed by atoms with Crippen LogP contribution in [0.1, 0.15) is 21.5 Å². The van der Waals surface area contributed by atoms with Crippen molar-refractivity contribution in [2.45, 2.75) is 13.5 Å². The molecule has 0 saturated carbocycles. The number of anilines is 3. The van der Waals surface area contributed by atoms with Crippen LogP contribution in [0.2, 0.25) is 0 Å². The molecule has 0 saturated heterocycles. The lowest BCUT2D eigenvalue weighted by atomic mass is 10.1. The number of rotatable bonds is 7. The second-order valence-electron chi connectivity index (χ2n) is 8.16. The fourth-order valence-corrected chi connectivity index (χ4v) is 4.27. The van der Waals surface area contributed by atoms with Gasteiger partial charge in [-0.25, -0.2) is 18.7 Å². The maximum atomic E-state index is 12.8. The van der Waals surface area contributed by atoms with Gasteiger partial charge in [-0.1, -0.05) is 18.2 Å². The van der Waals surface area contributed by atoms with Crippen molar-refractivity contribution in [3.8, 4) is 11.3 Å². The Hall–Kier alpha value is -4.90. The molecule has 5 aromatic rings. The fourth-order valence-electron chi connectivity index (χ4n) is 3.60. The first-order valence-electron chi connectivity index (χ1n) is 11.3. The summed E-state index contributed by atoms with van der Waals surface area (Å²) in [6, 6.07) is 18.0. The van der Waals surface area contributed by atoms with E-state index < -0.39 is 10.6 Å². The Morgan fingerprint density at radius 3 is 2.62 bits per heavy atom. The highest BCUT2D eigenvalue weighted by atomic mass is 32.1. The van der Waals surface area contributed by atoms with Gasteiger partial charge < -0.3 is 10.6 Å². The highest BCUT2D eigenvalue weighted by Crippen LogP contribution is 2.24. The molecule has 0 aliphatic heterocycles. The number of aryl methyl sites for hydroxylation is 1. The first kappa shape index (κ1) is 23.8. The summed E-state index contributed by atoms with van der Waals surface area (Å²) in [6.45, 7) is 2.20. The van der Waals surface area contributed by atoms with Crippen molar-refractivity contribution < 1.29 is 4.79 Å².